The summed E-state index contributed by atoms with van der Waals surface area (Å²) in [5.74, 6) is 0. The van der Waals surface area contributed by atoms with Gasteiger partial charge in [-0.3, -0.25) is 0 Å². The van der Waals surface area contributed by atoms with E-state index in [1.807, 2.05) is 81.4 Å². The quantitative estimate of drug-likeness (QED) is 0.762. The van der Waals surface area contributed by atoms with E-state index < -0.39 is 14.9 Å². The average Bonchev–Trinajstić information content (AvgIpc) is 2.53. The van der Waals surface area contributed by atoms with Crippen LogP contribution in [-0.4, -0.2) is 17.5 Å². The Kier molecular flexibility index (Phi) is 5.48. The third kappa shape index (κ3) is 3.80. The Balaban J connectivity index is 2.23. The first-order valence-electron chi connectivity index (χ1n) is 7.58. The van der Waals surface area contributed by atoms with E-state index in [0.29, 0.717) is 12.3 Å². The van der Waals surface area contributed by atoms with Gasteiger partial charge in [0.2, 0.25) is 0 Å². The Labute approximate surface area is 134 Å². The maximum atomic E-state index is 13.6. The van der Waals surface area contributed by atoms with E-state index in [-0.39, 0.29) is 5.16 Å². The highest BCUT2D eigenvalue weighted by Gasteiger charge is 2.37. The Morgan fingerprint density at radius 2 is 1.41 bits per heavy atom. The maximum absolute atomic E-state index is 13.6. The first kappa shape index (κ1) is 17.3. The summed E-state index contributed by atoms with van der Waals surface area (Å²) in [6.07, 6.45) is 0.991. The molecule has 0 heterocycles. The van der Waals surface area contributed by atoms with Crippen molar-refractivity contribution in [2.24, 2.45) is 0 Å². The van der Waals surface area contributed by atoms with Crippen LogP contribution in [0.1, 0.15) is 20.8 Å². The van der Waals surface area contributed by atoms with Crippen LogP contribution in [-0.2, 0) is 9.13 Å². The summed E-state index contributed by atoms with van der Waals surface area (Å²) in [6.45, 7) is 6.04. The van der Waals surface area contributed by atoms with Crippen LogP contribution in [0.3, 0.4) is 0 Å². The fourth-order valence-corrected chi connectivity index (χ4v) is 7.83. The standard InChI is InChI=1S/C18H24O2P2/c1-18(2,3)22(20,17-12-8-5-9-13-17)15-14-21(19)16-10-6-4-7-11-16/h4-13,21H,14-15H2,1-3H3. The van der Waals surface area contributed by atoms with Crippen LogP contribution in [0.5, 0.6) is 0 Å². The van der Waals surface area contributed by atoms with E-state index in [0.717, 1.165) is 10.6 Å². The largest absolute Gasteiger partial charge is 0.322 e. The third-order valence-corrected chi connectivity index (χ3v) is 10.3. The van der Waals surface area contributed by atoms with Crippen molar-refractivity contribution in [3.63, 3.8) is 0 Å². The molecule has 0 aromatic heterocycles. The summed E-state index contributed by atoms with van der Waals surface area (Å²) in [7, 11) is -4.49. The van der Waals surface area contributed by atoms with Crippen LogP contribution < -0.4 is 10.6 Å². The van der Waals surface area contributed by atoms with Gasteiger partial charge in [-0.2, -0.15) is 0 Å². The molecule has 0 aliphatic rings. The first-order valence-corrected chi connectivity index (χ1v) is 11.1. The lowest BCUT2D eigenvalue weighted by atomic mass is 10.3. The van der Waals surface area contributed by atoms with E-state index in [9.17, 15) is 9.13 Å². The lowest BCUT2D eigenvalue weighted by Gasteiger charge is -2.31. The molecule has 2 rings (SSSR count). The van der Waals surface area contributed by atoms with Crippen molar-refractivity contribution >= 4 is 25.6 Å². The zero-order valence-electron chi connectivity index (χ0n) is 13.5. The van der Waals surface area contributed by atoms with Crippen molar-refractivity contribution < 1.29 is 9.13 Å². The van der Waals surface area contributed by atoms with Gasteiger partial charge in [-0.05, 0) is 0 Å². The van der Waals surface area contributed by atoms with Crippen LogP contribution in [0.2, 0.25) is 0 Å². The smallest absolute Gasteiger partial charge is 0.121 e. The average molecular weight is 334 g/mol. The van der Waals surface area contributed by atoms with Crippen LogP contribution in [0.15, 0.2) is 60.7 Å². The first-order chi connectivity index (χ1) is 10.3. The van der Waals surface area contributed by atoms with Crippen LogP contribution in [0.4, 0.5) is 0 Å². The molecule has 0 N–H and O–H groups in total. The summed E-state index contributed by atoms with van der Waals surface area (Å²) >= 11 is 0. The second-order valence-corrected chi connectivity index (χ2v) is 12.2. The molecule has 2 aromatic rings. The Morgan fingerprint density at radius 3 is 1.91 bits per heavy atom. The Bertz CT molecular complexity index is 673. The predicted molar refractivity (Wildman–Crippen MR) is 98.2 cm³/mol. The summed E-state index contributed by atoms with van der Waals surface area (Å²) in [5.41, 5.74) is 0. The molecule has 118 valence electrons. The highest BCUT2D eigenvalue weighted by molar-refractivity contribution is 7.73. The summed E-state index contributed by atoms with van der Waals surface area (Å²) < 4.78 is 26.2. The van der Waals surface area contributed by atoms with E-state index in [2.05, 4.69) is 0 Å². The van der Waals surface area contributed by atoms with Gasteiger partial charge in [0, 0.05) is 28.1 Å². The van der Waals surface area contributed by atoms with Gasteiger partial charge in [0.25, 0.3) is 0 Å². The Morgan fingerprint density at radius 1 is 0.909 bits per heavy atom. The SMILES string of the molecule is CC(C)(C)P(=O)(CC[PH](=O)c1ccccc1)c1ccccc1. The lowest BCUT2D eigenvalue weighted by molar-refractivity contribution is 0.556. The van der Waals surface area contributed by atoms with Gasteiger partial charge in [-0.1, -0.05) is 81.4 Å². The highest BCUT2D eigenvalue weighted by Crippen LogP contribution is 2.57. The lowest BCUT2D eigenvalue weighted by Crippen LogP contribution is -2.26. The second kappa shape index (κ2) is 6.99. The van der Waals surface area contributed by atoms with Gasteiger partial charge in [0.1, 0.15) is 14.9 Å². The summed E-state index contributed by atoms with van der Waals surface area (Å²) in [6, 6.07) is 19.2. The molecular weight excluding hydrogens is 310 g/mol. The van der Waals surface area contributed by atoms with Crippen molar-refractivity contribution in [1.29, 1.82) is 0 Å². The molecule has 0 aliphatic carbocycles. The summed E-state index contributed by atoms with van der Waals surface area (Å²) in [5, 5.41) is 1.44. The number of benzene rings is 2. The third-order valence-electron chi connectivity index (χ3n) is 4.01. The number of hydrogen-bond donors (Lipinski definition) is 0. The van der Waals surface area contributed by atoms with Crippen LogP contribution in [0, 0.1) is 0 Å². The fraction of sp³-hybridized carbons (Fsp3) is 0.333. The van der Waals surface area contributed by atoms with Gasteiger partial charge in [-0.15, -0.1) is 0 Å². The monoisotopic (exact) mass is 334 g/mol. The molecule has 0 saturated carbocycles. The normalized spacial score (nSPS) is 16.0. The van der Waals surface area contributed by atoms with E-state index in [1.54, 1.807) is 0 Å². The molecule has 0 bridgehead atoms. The molecule has 2 unspecified atom stereocenters. The predicted octanol–water partition coefficient (Wildman–Crippen LogP) is 4.36. The van der Waals surface area contributed by atoms with Crippen molar-refractivity contribution in [3.8, 4) is 0 Å². The summed E-state index contributed by atoms with van der Waals surface area (Å²) in [4.78, 5) is 0. The highest BCUT2D eigenvalue weighted by atomic mass is 31.2. The molecule has 2 atom stereocenters. The Hall–Kier alpha value is -1.10. The molecule has 0 saturated heterocycles. The molecule has 2 aromatic carbocycles. The maximum Gasteiger partial charge on any atom is 0.121 e. The molecule has 2 nitrogen and oxygen atoms in total. The van der Waals surface area contributed by atoms with Crippen molar-refractivity contribution in [2.45, 2.75) is 25.9 Å². The van der Waals surface area contributed by atoms with Crippen LogP contribution >= 0.6 is 14.9 Å². The van der Waals surface area contributed by atoms with Crippen LogP contribution in [0.25, 0.3) is 0 Å². The number of hydrogen-bond acceptors (Lipinski definition) is 2. The molecular formula is C18H24O2P2. The molecule has 0 radical (unpaired) electrons. The van der Waals surface area contributed by atoms with Crippen molar-refractivity contribution in [1.82, 2.24) is 0 Å². The van der Waals surface area contributed by atoms with Gasteiger partial charge in [0.05, 0.1) is 0 Å². The van der Waals surface area contributed by atoms with Gasteiger partial charge < -0.3 is 9.13 Å². The van der Waals surface area contributed by atoms with Gasteiger partial charge in [-0.25, -0.2) is 0 Å². The van der Waals surface area contributed by atoms with Gasteiger partial charge >= 0.3 is 0 Å². The second-order valence-electron chi connectivity index (χ2n) is 6.51. The molecule has 0 fully saturated rings. The zero-order chi connectivity index (χ0) is 16.2. The zero-order valence-corrected chi connectivity index (χ0v) is 15.3. The molecule has 0 aliphatic heterocycles. The van der Waals surface area contributed by atoms with Gasteiger partial charge in [0.15, 0.2) is 0 Å². The van der Waals surface area contributed by atoms with Crippen molar-refractivity contribution in [3.05, 3.63) is 60.7 Å². The number of rotatable bonds is 5. The minimum absolute atomic E-state index is 0.326. The minimum atomic E-state index is -2.60. The van der Waals surface area contributed by atoms with Crippen molar-refractivity contribution in [2.75, 3.05) is 12.3 Å². The fourth-order valence-electron chi connectivity index (χ4n) is 2.55. The minimum Gasteiger partial charge on any atom is -0.322 e. The topological polar surface area (TPSA) is 34.1 Å². The molecule has 0 spiro atoms. The molecule has 0 amide bonds. The molecule has 4 heteroatoms. The van der Waals surface area contributed by atoms with E-state index >= 15 is 0 Å². The van der Waals surface area contributed by atoms with E-state index in [1.165, 1.54) is 0 Å². The molecule has 22 heavy (non-hydrogen) atoms. The van der Waals surface area contributed by atoms with E-state index in [4.69, 9.17) is 0 Å².